The Bertz CT molecular complexity index is 1260. The van der Waals surface area contributed by atoms with Crippen molar-refractivity contribution in [1.82, 2.24) is 15.6 Å². The van der Waals surface area contributed by atoms with Gasteiger partial charge < -0.3 is 10.1 Å². The number of amides is 3. The van der Waals surface area contributed by atoms with Crippen LogP contribution in [0.25, 0.3) is 0 Å². The van der Waals surface area contributed by atoms with Gasteiger partial charge in [-0.15, -0.1) is 0 Å². The monoisotopic (exact) mass is 579 g/mol. The van der Waals surface area contributed by atoms with E-state index in [1.807, 2.05) is 72.8 Å². The Morgan fingerprint density at radius 3 is 2.45 bits per heavy atom. The van der Waals surface area contributed by atoms with Gasteiger partial charge in [-0.25, -0.2) is 10.6 Å². The van der Waals surface area contributed by atoms with Crippen molar-refractivity contribution in [3.63, 3.8) is 0 Å². The van der Waals surface area contributed by atoms with Gasteiger partial charge in [-0.05, 0) is 47.7 Å². The predicted molar refractivity (Wildman–Crippen MR) is 148 cm³/mol. The standard InChI is InChI=1S/C28H30BrN5O4/c29-21-13-14-23(22(16-21)26(31-17-25(35)33-30)20-10-5-2-6-11-20)32-27(36)24-12-7-15-34(24)28(37)38-18-19-8-3-1-4-9-19/h1-6,8-11,13-14,16,24,26,31H,7,12,15,17-18,30H2,(H,32,36)(H,33,35)/t24-,26+/m0/s1. The summed E-state index contributed by atoms with van der Waals surface area (Å²) < 4.78 is 6.29. The minimum atomic E-state index is -0.652. The number of carbonyl (C=O) groups excluding carboxylic acids is 3. The van der Waals surface area contributed by atoms with E-state index in [-0.39, 0.29) is 25.0 Å². The lowest BCUT2D eigenvalue weighted by Crippen LogP contribution is -2.43. The summed E-state index contributed by atoms with van der Waals surface area (Å²) in [5.74, 6) is 4.60. The number of likely N-dealkylation sites (tertiary alicyclic amines) is 1. The molecule has 1 fully saturated rings. The van der Waals surface area contributed by atoms with Crippen LogP contribution in [0, 0.1) is 0 Å². The van der Waals surface area contributed by atoms with Gasteiger partial charge in [-0.1, -0.05) is 76.6 Å². The zero-order valence-electron chi connectivity index (χ0n) is 20.7. The van der Waals surface area contributed by atoms with E-state index < -0.39 is 18.2 Å². The molecule has 5 N–H and O–H groups in total. The Balaban J connectivity index is 1.52. The molecule has 3 aromatic carbocycles. The van der Waals surface area contributed by atoms with E-state index in [0.717, 1.165) is 21.2 Å². The number of hydrazine groups is 1. The normalized spacial score (nSPS) is 15.5. The molecular weight excluding hydrogens is 550 g/mol. The zero-order chi connectivity index (χ0) is 26.9. The van der Waals surface area contributed by atoms with Gasteiger partial charge >= 0.3 is 6.09 Å². The maximum atomic E-state index is 13.4. The Morgan fingerprint density at radius 2 is 1.74 bits per heavy atom. The minimum Gasteiger partial charge on any atom is -0.445 e. The van der Waals surface area contributed by atoms with E-state index in [0.29, 0.717) is 25.1 Å². The largest absolute Gasteiger partial charge is 0.445 e. The zero-order valence-corrected chi connectivity index (χ0v) is 22.3. The van der Waals surface area contributed by atoms with Crippen molar-refractivity contribution in [2.75, 3.05) is 18.4 Å². The predicted octanol–water partition coefficient (Wildman–Crippen LogP) is 3.86. The molecule has 198 valence electrons. The van der Waals surface area contributed by atoms with E-state index in [2.05, 4.69) is 32.0 Å². The third-order valence-corrected chi connectivity index (χ3v) is 6.83. The molecule has 3 amide bonds. The Hall–Kier alpha value is -3.73. The highest BCUT2D eigenvalue weighted by Gasteiger charge is 2.35. The molecule has 1 aliphatic rings. The third-order valence-electron chi connectivity index (χ3n) is 6.34. The summed E-state index contributed by atoms with van der Waals surface area (Å²) in [4.78, 5) is 39.6. The molecular formula is C28H30BrN5O4. The van der Waals surface area contributed by atoms with Crippen LogP contribution in [0.4, 0.5) is 10.5 Å². The molecule has 9 nitrogen and oxygen atoms in total. The van der Waals surface area contributed by atoms with Crippen LogP contribution in [0.2, 0.25) is 0 Å². The topological polar surface area (TPSA) is 126 Å². The first-order valence-electron chi connectivity index (χ1n) is 12.3. The lowest BCUT2D eigenvalue weighted by molar-refractivity contribution is -0.121. The van der Waals surface area contributed by atoms with Gasteiger partial charge in [0.25, 0.3) is 0 Å². The summed E-state index contributed by atoms with van der Waals surface area (Å²) in [6.45, 7) is 0.559. The van der Waals surface area contributed by atoms with Crippen molar-refractivity contribution in [3.05, 3.63) is 100 Å². The summed E-state index contributed by atoms with van der Waals surface area (Å²) in [5, 5.41) is 6.24. The maximum absolute atomic E-state index is 13.4. The van der Waals surface area contributed by atoms with E-state index in [4.69, 9.17) is 10.6 Å². The van der Waals surface area contributed by atoms with Crippen LogP contribution in [-0.4, -0.2) is 41.9 Å². The molecule has 4 rings (SSSR count). The second-order valence-electron chi connectivity index (χ2n) is 8.90. The van der Waals surface area contributed by atoms with Gasteiger partial charge in [0, 0.05) is 16.7 Å². The van der Waals surface area contributed by atoms with Gasteiger partial charge in [0.2, 0.25) is 11.8 Å². The van der Waals surface area contributed by atoms with E-state index >= 15 is 0 Å². The molecule has 1 saturated heterocycles. The number of halogens is 1. The summed E-state index contributed by atoms with van der Waals surface area (Å²) in [5.41, 5.74) is 5.22. The first-order valence-corrected chi connectivity index (χ1v) is 13.1. The highest BCUT2D eigenvalue weighted by Crippen LogP contribution is 2.32. The van der Waals surface area contributed by atoms with E-state index in [9.17, 15) is 14.4 Å². The van der Waals surface area contributed by atoms with E-state index in [1.165, 1.54) is 4.90 Å². The summed E-state index contributed by atoms with van der Waals surface area (Å²) >= 11 is 3.52. The number of benzene rings is 3. The van der Waals surface area contributed by atoms with Crippen LogP contribution in [0.15, 0.2) is 83.3 Å². The van der Waals surface area contributed by atoms with Gasteiger partial charge in [0.1, 0.15) is 12.6 Å². The number of hydrogen-bond donors (Lipinski definition) is 4. The van der Waals surface area contributed by atoms with E-state index in [1.54, 1.807) is 6.07 Å². The molecule has 0 bridgehead atoms. The minimum absolute atomic E-state index is 0.0282. The quantitative estimate of drug-likeness (QED) is 0.173. The molecule has 2 atom stereocenters. The molecule has 0 aliphatic carbocycles. The number of nitrogens with two attached hydrogens (primary N) is 1. The van der Waals surface area contributed by atoms with Gasteiger partial charge in [0.15, 0.2) is 0 Å². The summed E-state index contributed by atoms with van der Waals surface area (Å²) in [6.07, 6.45) is 0.725. The molecule has 3 aromatic rings. The second-order valence-corrected chi connectivity index (χ2v) is 9.82. The van der Waals surface area contributed by atoms with Crippen LogP contribution in [0.5, 0.6) is 0 Å². The van der Waals surface area contributed by atoms with Crippen LogP contribution in [0.3, 0.4) is 0 Å². The average Bonchev–Trinajstić information content (AvgIpc) is 3.44. The van der Waals surface area contributed by atoms with Crippen molar-refractivity contribution >= 4 is 39.5 Å². The number of hydrogen-bond acceptors (Lipinski definition) is 6. The molecule has 0 spiro atoms. The summed E-state index contributed by atoms with van der Waals surface area (Å²) in [7, 11) is 0. The number of nitrogens with zero attached hydrogens (tertiary/aromatic N) is 1. The molecule has 0 radical (unpaired) electrons. The van der Waals surface area contributed by atoms with Crippen molar-refractivity contribution in [3.8, 4) is 0 Å². The van der Waals surface area contributed by atoms with Gasteiger partial charge in [-0.2, -0.15) is 0 Å². The number of anilines is 1. The van der Waals surface area contributed by atoms with Crippen LogP contribution < -0.4 is 21.9 Å². The highest BCUT2D eigenvalue weighted by molar-refractivity contribution is 9.10. The number of ether oxygens (including phenoxy) is 1. The van der Waals surface area contributed by atoms with Crippen LogP contribution in [-0.2, 0) is 20.9 Å². The Kier molecular flexibility index (Phi) is 9.47. The van der Waals surface area contributed by atoms with Crippen molar-refractivity contribution < 1.29 is 19.1 Å². The molecule has 0 saturated carbocycles. The smallest absolute Gasteiger partial charge is 0.410 e. The highest BCUT2D eigenvalue weighted by atomic mass is 79.9. The first kappa shape index (κ1) is 27.3. The lowest BCUT2D eigenvalue weighted by Gasteiger charge is -2.26. The lowest BCUT2D eigenvalue weighted by atomic mass is 9.96. The maximum Gasteiger partial charge on any atom is 0.410 e. The molecule has 1 aliphatic heterocycles. The fraction of sp³-hybridized carbons (Fsp3) is 0.250. The molecule has 0 unspecified atom stereocenters. The molecule has 0 aromatic heterocycles. The first-order chi connectivity index (χ1) is 18.5. The molecule has 38 heavy (non-hydrogen) atoms. The number of carbonyl (C=O) groups is 3. The molecule has 10 heteroatoms. The van der Waals surface area contributed by atoms with Crippen LogP contribution >= 0.6 is 15.9 Å². The average molecular weight is 580 g/mol. The van der Waals surface area contributed by atoms with Crippen molar-refractivity contribution in [1.29, 1.82) is 0 Å². The second kappa shape index (κ2) is 13.2. The number of nitrogens with one attached hydrogen (secondary N) is 3. The Labute approximate surface area is 229 Å². The third kappa shape index (κ3) is 6.97. The fourth-order valence-corrected chi connectivity index (χ4v) is 4.84. The van der Waals surface area contributed by atoms with Gasteiger partial charge in [0.05, 0.1) is 12.6 Å². The SMILES string of the molecule is NNC(=O)CN[C@H](c1ccccc1)c1cc(Br)ccc1NC(=O)[C@@H]1CCCN1C(=O)OCc1ccccc1. The Morgan fingerprint density at radius 1 is 1.03 bits per heavy atom. The fourth-order valence-electron chi connectivity index (χ4n) is 4.46. The van der Waals surface area contributed by atoms with Gasteiger partial charge in [-0.3, -0.25) is 25.2 Å². The summed E-state index contributed by atoms with van der Waals surface area (Å²) in [6, 6.07) is 23.4. The van der Waals surface area contributed by atoms with Crippen LogP contribution in [0.1, 0.15) is 35.6 Å². The number of rotatable bonds is 9. The van der Waals surface area contributed by atoms with Crippen molar-refractivity contribution in [2.24, 2.45) is 5.84 Å². The van der Waals surface area contributed by atoms with Crippen molar-refractivity contribution in [2.45, 2.75) is 31.5 Å². The molecule has 1 heterocycles.